The molecule has 0 aromatic heterocycles. The second kappa shape index (κ2) is 6.54. The predicted octanol–water partition coefficient (Wildman–Crippen LogP) is 3.53. The SMILES string of the molecule is CCN[C@H](C)c1ccccc1O[C@H](C)CC. The summed E-state index contributed by atoms with van der Waals surface area (Å²) in [6.07, 6.45) is 1.30. The molecule has 0 radical (unpaired) electrons. The summed E-state index contributed by atoms with van der Waals surface area (Å²) in [5.41, 5.74) is 1.24. The van der Waals surface area contributed by atoms with Gasteiger partial charge < -0.3 is 10.1 Å². The number of para-hydroxylation sites is 1. The van der Waals surface area contributed by atoms with Crippen LogP contribution in [-0.2, 0) is 0 Å². The topological polar surface area (TPSA) is 21.3 Å². The Morgan fingerprint density at radius 3 is 2.50 bits per heavy atom. The lowest BCUT2D eigenvalue weighted by molar-refractivity contribution is 0.214. The van der Waals surface area contributed by atoms with Crippen molar-refractivity contribution in [2.24, 2.45) is 0 Å². The number of ether oxygens (including phenoxy) is 1. The largest absolute Gasteiger partial charge is 0.490 e. The Bertz CT molecular complexity index is 311. The van der Waals surface area contributed by atoms with E-state index in [0.29, 0.717) is 6.04 Å². The summed E-state index contributed by atoms with van der Waals surface area (Å²) < 4.78 is 5.92. The molecule has 0 bridgehead atoms. The average molecular weight is 221 g/mol. The normalized spacial score (nSPS) is 14.5. The lowest BCUT2D eigenvalue weighted by atomic mass is 10.1. The molecule has 0 unspecified atom stereocenters. The van der Waals surface area contributed by atoms with Gasteiger partial charge in [0.15, 0.2) is 0 Å². The van der Waals surface area contributed by atoms with E-state index in [9.17, 15) is 0 Å². The molecule has 2 heteroatoms. The van der Waals surface area contributed by atoms with Crippen molar-refractivity contribution in [3.05, 3.63) is 29.8 Å². The maximum absolute atomic E-state index is 5.92. The van der Waals surface area contributed by atoms with Gasteiger partial charge in [-0.05, 0) is 32.9 Å². The first-order valence-corrected chi connectivity index (χ1v) is 6.18. The molecule has 0 saturated heterocycles. The highest BCUT2D eigenvalue weighted by Gasteiger charge is 2.11. The molecule has 2 atom stereocenters. The molecule has 1 aromatic rings. The highest BCUT2D eigenvalue weighted by molar-refractivity contribution is 5.35. The molecule has 16 heavy (non-hydrogen) atoms. The summed E-state index contributed by atoms with van der Waals surface area (Å²) in [7, 11) is 0. The van der Waals surface area contributed by atoms with Gasteiger partial charge in [0.2, 0.25) is 0 Å². The van der Waals surface area contributed by atoms with Crippen molar-refractivity contribution in [1.82, 2.24) is 5.32 Å². The molecule has 1 aromatic carbocycles. The number of hydrogen-bond donors (Lipinski definition) is 1. The quantitative estimate of drug-likeness (QED) is 0.793. The molecule has 0 heterocycles. The summed E-state index contributed by atoms with van der Waals surface area (Å²) in [5.74, 6) is 1.00. The smallest absolute Gasteiger partial charge is 0.124 e. The number of rotatable bonds is 6. The zero-order valence-electron chi connectivity index (χ0n) is 10.8. The molecule has 2 nitrogen and oxygen atoms in total. The van der Waals surface area contributed by atoms with E-state index in [0.717, 1.165) is 18.7 Å². The minimum Gasteiger partial charge on any atom is -0.490 e. The van der Waals surface area contributed by atoms with Gasteiger partial charge in [0, 0.05) is 11.6 Å². The van der Waals surface area contributed by atoms with E-state index in [1.807, 2.05) is 6.07 Å². The molecule has 0 aliphatic carbocycles. The van der Waals surface area contributed by atoms with Crippen molar-refractivity contribution in [3.8, 4) is 5.75 Å². The van der Waals surface area contributed by atoms with Crippen LogP contribution in [0.1, 0.15) is 45.7 Å². The summed E-state index contributed by atoms with van der Waals surface area (Å²) in [5, 5.41) is 3.41. The van der Waals surface area contributed by atoms with Crippen molar-refractivity contribution in [3.63, 3.8) is 0 Å². The van der Waals surface area contributed by atoms with Crippen LogP contribution in [0.2, 0.25) is 0 Å². The number of nitrogens with one attached hydrogen (secondary N) is 1. The summed E-state index contributed by atoms with van der Waals surface area (Å²) in [4.78, 5) is 0. The van der Waals surface area contributed by atoms with E-state index in [4.69, 9.17) is 4.74 Å². The van der Waals surface area contributed by atoms with Gasteiger partial charge in [-0.1, -0.05) is 32.0 Å². The molecule has 0 aliphatic rings. The van der Waals surface area contributed by atoms with Gasteiger partial charge in [-0.25, -0.2) is 0 Å². The summed E-state index contributed by atoms with van der Waals surface area (Å²) in [6.45, 7) is 9.51. The van der Waals surface area contributed by atoms with Crippen molar-refractivity contribution < 1.29 is 4.74 Å². The lowest BCUT2D eigenvalue weighted by Crippen LogP contribution is -2.19. The Balaban J connectivity index is 2.82. The van der Waals surface area contributed by atoms with Crippen LogP contribution in [0.15, 0.2) is 24.3 Å². The predicted molar refractivity (Wildman–Crippen MR) is 68.9 cm³/mol. The average Bonchev–Trinajstić information content (AvgIpc) is 2.30. The van der Waals surface area contributed by atoms with E-state index < -0.39 is 0 Å². The molecule has 1 N–H and O–H groups in total. The third-order valence-electron chi connectivity index (χ3n) is 2.80. The first-order chi connectivity index (χ1) is 7.69. The summed E-state index contributed by atoms with van der Waals surface area (Å²) in [6, 6.07) is 8.61. The molecule has 0 aliphatic heterocycles. The Morgan fingerprint density at radius 1 is 1.19 bits per heavy atom. The Kier molecular flexibility index (Phi) is 5.33. The van der Waals surface area contributed by atoms with Crippen LogP contribution in [-0.4, -0.2) is 12.6 Å². The highest BCUT2D eigenvalue weighted by Crippen LogP contribution is 2.25. The van der Waals surface area contributed by atoms with Crippen LogP contribution in [0.5, 0.6) is 5.75 Å². The molecular weight excluding hydrogens is 198 g/mol. The third-order valence-corrected chi connectivity index (χ3v) is 2.80. The molecule has 0 spiro atoms. The lowest BCUT2D eigenvalue weighted by Gasteiger charge is -2.20. The second-order valence-electron chi connectivity index (χ2n) is 4.15. The molecule has 0 saturated carbocycles. The van der Waals surface area contributed by atoms with Gasteiger partial charge in [0.1, 0.15) is 5.75 Å². The van der Waals surface area contributed by atoms with Gasteiger partial charge in [-0.2, -0.15) is 0 Å². The van der Waals surface area contributed by atoms with Crippen molar-refractivity contribution in [2.45, 2.75) is 46.3 Å². The fraction of sp³-hybridized carbons (Fsp3) is 0.571. The van der Waals surface area contributed by atoms with Gasteiger partial charge in [-0.15, -0.1) is 0 Å². The fourth-order valence-corrected chi connectivity index (χ4v) is 1.66. The van der Waals surface area contributed by atoms with Crippen LogP contribution in [0.3, 0.4) is 0 Å². The van der Waals surface area contributed by atoms with Crippen molar-refractivity contribution in [1.29, 1.82) is 0 Å². The second-order valence-corrected chi connectivity index (χ2v) is 4.15. The van der Waals surface area contributed by atoms with Crippen molar-refractivity contribution in [2.75, 3.05) is 6.54 Å². The fourth-order valence-electron chi connectivity index (χ4n) is 1.66. The monoisotopic (exact) mass is 221 g/mol. The Morgan fingerprint density at radius 2 is 1.88 bits per heavy atom. The van der Waals surface area contributed by atoms with Gasteiger partial charge in [0.25, 0.3) is 0 Å². The Hall–Kier alpha value is -1.02. The number of hydrogen-bond acceptors (Lipinski definition) is 2. The third kappa shape index (κ3) is 3.53. The molecule has 90 valence electrons. The minimum absolute atomic E-state index is 0.273. The number of benzene rings is 1. The highest BCUT2D eigenvalue weighted by atomic mass is 16.5. The van der Waals surface area contributed by atoms with Crippen LogP contribution in [0, 0.1) is 0 Å². The van der Waals surface area contributed by atoms with E-state index in [-0.39, 0.29) is 6.10 Å². The standard InChI is InChI=1S/C14H23NO/c1-5-11(3)16-14-10-8-7-9-13(14)12(4)15-6-2/h7-12,15H,5-6H2,1-4H3/t11-,12-/m1/s1. The zero-order chi connectivity index (χ0) is 12.0. The summed E-state index contributed by atoms with van der Waals surface area (Å²) >= 11 is 0. The minimum atomic E-state index is 0.273. The van der Waals surface area contributed by atoms with E-state index >= 15 is 0 Å². The molecule has 0 amide bonds. The molecular formula is C14H23NO. The van der Waals surface area contributed by atoms with Crippen LogP contribution in [0.25, 0.3) is 0 Å². The van der Waals surface area contributed by atoms with Crippen LogP contribution >= 0.6 is 0 Å². The zero-order valence-corrected chi connectivity index (χ0v) is 10.8. The van der Waals surface area contributed by atoms with E-state index in [1.54, 1.807) is 0 Å². The van der Waals surface area contributed by atoms with Gasteiger partial charge >= 0.3 is 0 Å². The van der Waals surface area contributed by atoms with Crippen LogP contribution in [0.4, 0.5) is 0 Å². The van der Waals surface area contributed by atoms with Gasteiger partial charge in [-0.3, -0.25) is 0 Å². The van der Waals surface area contributed by atoms with E-state index in [2.05, 4.69) is 51.2 Å². The van der Waals surface area contributed by atoms with Crippen LogP contribution < -0.4 is 10.1 Å². The maximum Gasteiger partial charge on any atom is 0.124 e. The molecule has 0 fully saturated rings. The van der Waals surface area contributed by atoms with E-state index in [1.165, 1.54) is 5.56 Å². The molecule has 1 rings (SSSR count). The first kappa shape index (κ1) is 13.0. The van der Waals surface area contributed by atoms with Gasteiger partial charge in [0.05, 0.1) is 6.10 Å². The first-order valence-electron chi connectivity index (χ1n) is 6.18. The van der Waals surface area contributed by atoms with Crippen molar-refractivity contribution >= 4 is 0 Å². The Labute approximate surface area is 99.0 Å². The maximum atomic E-state index is 5.92.